The third-order valence-corrected chi connectivity index (χ3v) is 6.64. The molecule has 0 amide bonds. The smallest absolute Gasteiger partial charge is 0.337 e. The van der Waals surface area contributed by atoms with Crippen molar-refractivity contribution in [3.8, 4) is 11.3 Å². The van der Waals surface area contributed by atoms with Crippen molar-refractivity contribution in [3.63, 3.8) is 0 Å². The normalized spacial score (nSPS) is 17.0. The summed E-state index contributed by atoms with van der Waals surface area (Å²) in [4.78, 5) is 12.2. The lowest BCUT2D eigenvalue weighted by atomic mass is 9.81. The molecule has 1 aliphatic carbocycles. The van der Waals surface area contributed by atoms with Gasteiger partial charge >= 0.3 is 5.97 Å². The van der Waals surface area contributed by atoms with Gasteiger partial charge in [-0.25, -0.2) is 4.79 Å². The lowest BCUT2D eigenvalue weighted by Crippen LogP contribution is -2.06. The van der Waals surface area contributed by atoms with E-state index in [4.69, 9.17) is 4.74 Å². The predicted molar refractivity (Wildman–Crippen MR) is 113 cm³/mol. The number of fused-ring (bicyclic) bond motifs is 5. The molecule has 0 radical (unpaired) electrons. The number of benzene rings is 2. The van der Waals surface area contributed by atoms with Gasteiger partial charge in [0, 0.05) is 23.0 Å². The molecular formula is C25H27NO2. The number of hydrogen-bond donors (Lipinski definition) is 0. The molecule has 0 N–H and O–H groups in total. The van der Waals surface area contributed by atoms with Gasteiger partial charge < -0.3 is 9.30 Å². The van der Waals surface area contributed by atoms with Gasteiger partial charge in [-0.2, -0.15) is 0 Å². The van der Waals surface area contributed by atoms with E-state index in [9.17, 15) is 4.79 Å². The number of methoxy groups -OCH3 is 1. The van der Waals surface area contributed by atoms with Crippen LogP contribution in [-0.2, 0) is 17.7 Å². The van der Waals surface area contributed by atoms with Gasteiger partial charge in [-0.1, -0.05) is 49.6 Å². The van der Waals surface area contributed by atoms with Crippen LogP contribution in [0.25, 0.3) is 22.2 Å². The molecule has 2 aliphatic rings. The summed E-state index contributed by atoms with van der Waals surface area (Å²) < 4.78 is 7.47. The first-order valence-electron chi connectivity index (χ1n) is 10.6. The van der Waals surface area contributed by atoms with Gasteiger partial charge in [-0.05, 0) is 54.9 Å². The maximum Gasteiger partial charge on any atom is 0.337 e. The van der Waals surface area contributed by atoms with Crippen LogP contribution in [0.1, 0.15) is 65.9 Å². The highest BCUT2D eigenvalue weighted by Gasteiger charge is 2.28. The zero-order valence-electron chi connectivity index (χ0n) is 16.5. The number of carbonyl (C=O) groups excluding carboxylic acids is 1. The summed E-state index contributed by atoms with van der Waals surface area (Å²) >= 11 is 0. The first kappa shape index (κ1) is 17.5. The van der Waals surface area contributed by atoms with E-state index >= 15 is 0 Å². The van der Waals surface area contributed by atoms with Crippen LogP contribution in [0.5, 0.6) is 0 Å². The number of aromatic nitrogens is 1. The molecule has 3 nitrogen and oxygen atoms in total. The standard InChI is InChI=1S/C25H27NO2/c1-28-25(27)19-13-14-21-22(16-19)26-15-7-11-17-8-5-6-12-20(17)24(26)23(21)18-9-3-2-4-10-18/h5-6,8,12-14,16,18H,2-4,7,9-11,15H2,1H3. The van der Waals surface area contributed by atoms with Gasteiger partial charge in [0.1, 0.15) is 0 Å². The van der Waals surface area contributed by atoms with E-state index in [1.807, 2.05) is 12.1 Å². The molecule has 144 valence electrons. The summed E-state index contributed by atoms with van der Waals surface area (Å²) in [6, 6.07) is 15.0. The maximum absolute atomic E-state index is 12.2. The molecule has 1 saturated carbocycles. The van der Waals surface area contributed by atoms with E-state index in [1.165, 1.54) is 72.5 Å². The van der Waals surface area contributed by atoms with E-state index in [0.717, 1.165) is 19.4 Å². The Morgan fingerprint density at radius 3 is 2.68 bits per heavy atom. The van der Waals surface area contributed by atoms with Crippen molar-refractivity contribution < 1.29 is 9.53 Å². The highest BCUT2D eigenvalue weighted by molar-refractivity contribution is 5.99. The second-order valence-corrected chi connectivity index (χ2v) is 8.23. The van der Waals surface area contributed by atoms with Crippen LogP contribution < -0.4 is 0 Å². The summed E-state index contributed by atoms with van der Waals surface area (Å²) in [5.74, 6) is 0.355. The van der Waals surface area contributed by atoms with Crippen molar-refractivity contribution in [1.29, 1.82) is 0 Å². The van der Waals surface area contributed by atoms with Gasteiger partial charge in [-0.3, -0.25) is 0 Å². The SMILES string of the molecule is COC(=O)c1ccc2c(C3CCCCC3)c3n(c2c1)CCCc1ccccc1-3. The Morgan fingerprint density at radius 1 is 1.04 bits per heavy atom. The lowest BCUT2D eigenvalue weighted by molar-refractivity contribution is 0.0601. The molecule has 0 unspecified atom stereocenters. The van der Waals surface area contributed by atoms with Crippen molar-refractivity contribution in [3.05, 3.63) is 59.2 Å². The first-order valence-corrected chi connectivity index (χ1v) is 10.6. The van der Waals surface area contributed by atoms with E-state index in [-0.39, 0.29) is 5.97 Å². The molecule has 2 aromatic carbocycles. The fraction of sp³-hybridized carbons (Fsp3) is 0.400. The molecule has 2 heterocycles. The summed E-state index contributed by atoms with van der Waals surface area (Å²) in [5, 5.41) is 1.33. The van der Waals surface area contributed by atoms with Crippen LogP contribution in [0.3, 0.4) is 0 Å². The third kappa shape index (κ3) is 2.76. The molecule has 0 atom stereocenters. The van der Waals surface area contributed by atoms with E-state index in [2.05, 4.69) is 34.9 Å². The van der Waals surface area contributed by atoms with Gasteiger partial charge in [0.05, 0.1) is 18.4 Å². The molecule has 0 saturated heterocycles. The van der Waals surface area contributed by atoms with E-state index in [0.29, 0.717) is 11.5 Å². The molecule has 0 spiro atoms. The molecule has 3 aromatic rings. The fourth-order valence-electron chi connectivity index (χ4n) is 5.35. The molecule has 1 fully saturated rings. The van der Waals surface area contributed by atoms with Crippen LogP contribution in [0, 0.1) is 0 Å². The molecule has 1 aliphatic heterocycles. The lowest BCUT2D eigenvalue weighted by Gasteiger charge is -2.24. The minimum absolute atomic E-state index is 0.259. The second-order valence-electron chi connectivity index (χ2n) is 8.23. The van der Waals surface area contributed by atoms with Gasteiger partial charge in [0.2, 0.25) is 0 Å². The number of aryl methyl sites for hydroxylation is 2. The zero-order chi connectivity index (χ0) is 19.1. The van der Waals surface area contributed by atoms with Gasteiger partial charge in [-0.15, -0.1) is 0 Å². The van der Waals surface area contributed by atoms with Crippen molar-refractivity contribution in [2.24, 2.45) is 0 Å². The summed E-state index contributed by atoms with van der Waals surface area (Å²) in [6.45, 7) is 0.998. The summed E-state index contributed by atoms with van der Waals surface area (Å²) in [5.41, 5.74) is 7.58. The fourth-order valence-corrected chi connectivity index (χ4v) is 5.35. The Morgan fingerprint density at radius 2 is 1.86 bits per heavy atom. The minimum atomic E-state index is -0.259. The third-order valence-electron chi connectivity index (χ3n) is 6.64. The predicted octanol–water partition coefficient (Wildman–Crippen LogP) is 6.09. The quantitative estimate of drug-likeness (QED) is 0.509. The molecule has 0 bridgehead atoms. The molecular weight excluding hydrogens is 346 g/mol. The Kier molecular flexibility index (Phi) is 4.46. The van der Waals surface area contributed by atoms with Gasteiger partial charge in [0.15, 0.2) is 0 Å². The van der Waals surface area contributed by atoms with Crippen LogP contribution >= 0.6 is 0 Å². The number of hydrogen-bond acceptors (Lipinski definition) is 2. The minimum Gasteiger partial charge on any atom is -0.465 e. The number of nitrogens with zero attached hydrogens (tertiary/aromatic N) is 1. The first-order chi connectivity index (χ1) is 13.8. The van der Waals surface area contributed by atoms with Crippen LogP contribution in [0.4, 0.5) is 0 Å². The molecule has 5 rings (SSSR count). The highest BCUT2D eigenvalue weighted by atomic mass is 16.5. The molecule has 1 aromatic heterocycles. The van der Waals surface area contributed by atoms with E-state index in [1.54, 1.807) is 0 Å². The number of rotatable bonds is 2. The van der Waals surface area contributed by atoms with Crippen molar-refractivity contribution >= 4 is 16.9 Å². The Hall–Kier alpha value is -2.55. The Labute approximate surface area is 166 Å². The van der Waals surface area contributed by atoms with Crippen molar-refractivity contribution in [2.75, 3.05) is 7.11 Å². The summed E-state index contributed by atoms with van der Waals surface area (Å²) in [6.07, 6.45) is 8.77. The van der Waals surface area contributed by atoms with Crippen LogP contribution in [-0.4, -0.2) is 17.6 Å². The Bertz CT molecular complexity index is 1040. The molecule has 3 heteroatoms. The maximum atomic E-state index is 12.2. The van der Waals surface area contributed by atoms with E-state index < -0.39 is 0 Å². The summed E-state index contributed by atoms with van der Waals surface area (Å²) in [7, 11) is 1.45. The van der Waals surface area contributed by atoms with Crippen LogP contribution in [0.2, 0.25) is 0 Å². The second kappa shape index (κ2) is 7.12. The average molecular weight is 373 g/mol. The number of carbonyl (C=O) groups is 1. The molecule has 28 heavy (non-hydrogen) atoms. The van der Waals surface area contributed by atoms with Gasteiger partial charge in [0.25, 0.3) is 0 Å². The number of ether oxygens (including phenoxy) is 1. The van der Waals surface area contributed by atoms with Crippen molar-refractivity contribution in [1.82, 2.24) is 4.57 Å². The highest BCUT2D eigenvalue weighted by Crippen LogP contribution is 2.46. The zero-order valence-corrected chi connectivity index (χ0v) is 16.5. The number of esters is 1. The average Bonchev–Trinajstić information content (AvgIpc) is 2.95. The van der Waals surface area contributed by atoms with Crippen LogP contribution in [0.15, 0.2) is 42.5 Å². The largest absolute Gasteiger partial charge is 0.465 e. The van der Waals surface area contributed by atoms with Crippen molar-refractivity contribution in [2.45, 2.75) is 57.4 Å². The monoisotopic (exact) mass is 373 g/mol. The topological polar surface area (TPSA) is 31.2 Å². The Balaban J connectivity index is 1.81.